The Labute approximate surface area is 201 Å². The van der Waals surface area contributed by atoms with E-state index >= 15 is 0 Å². The number of fused-ring (bicyclic) bond motifs is 1. The zero-order valence-electron chi connectivity index (χ0n) is 18.6. The molecule has 0 saturated heterocycles. The lowest BCUT2D eigenvalue weighted by atomic mass is 9.99. The van der Waals surface area contributed by atoms with E-state index < -0.39 is 34.1 Å². The molecule has 3 N–H and O–H groups in total. The van der Waals surface area contributed by atoms with Gasteiger partial charge in [-0.1, -0.05) is 11.6 Å². The van der Waals surface area contributed by atoms with Crippen molar-refractivity contribution in [3.63, 3.8) is 0 Å². The number of carbonyl (C=O) groups excluding carboxylic acids is 1. The van der Waals surface area contributed by atoms with E-state index in [1.54, 1.807) is 18.4 Å². The van der Waals surface area contributed by atoms with Crippen molar-refractivity contribution in [1.82, 2.24) is 19.4 Å². The second-order valence-electron chi connectivity index (χ2n) is 8.37. The van der Waals surface area contributed by atoms with Crippen LogP contribution >= 0.6 is 11.6 Å². The number of pyridine rings is 1. The molecule has 0 fully saturated rings. The molecule has 0 atom stereocenters. The molecule has 3 aromatic rings. The summed E-state index contributed by atoms with van der Waals surface area (Å²) in [6.07, 6.45) is -4.79. The molecule has 2 aromatic heterocycles. The van der Waals surface area contributed by atoms with Crippen molar-refractivity contribution in [2.24, 2.45) is 5.73 Å². The summed E-state index contributed by atoms with van der Waals surface area (Å²) in [5.41, 5.74) is 3.61. The second-order valence-corrected chi connectivity index (χ2v) is 8.78. The molecule has 0 radical (unpaired) electrons. The maximum atomic E-state index is 14.1. The Balaban J connectivity index is 1.89. The van der Waals surface area contributed by atoms with Gasteiger partial charge in [-0.15, -0.1) is 0 Å². The summed E-state index contributed by atoms with van der Waals surface area (Å²) >= 11 is 5.68. The van der Waals surface area contributed by atoms with E-state index in [0.717, 1.165) is 18.2 Å². The molecule has 35 heavy (non-hydrogen) atoms. The fraction of sp³-hybridized carbons (Fsp3) is 0.318. The first kappa shape index (κ1) is 24.9. The zero-order chi connectivity index (χ0) is 25.7. The highest BCUT2D eigenvalue weighted by Crippen LogP contribution is 2.40. The fourth-order valence-electron chi connectivity index (χ4n) is 4.09. The minimum atomic E-state index is -4.79. The van der Waals surface area contributed by atoms with Crippen LogP contribution in [0.5, 0.6) is 0 Å². The predicted octanol–water partition coefficient (Wildman–Crippen LogP) is 4.68. The first-order valence-corrected chi connectivity index (χ1v) is 10.8. The van der Waals surface area contributed by atoms with E-state index in [0.29, 0.717) is 5.82 Å². The lowest BCUT2D eigenvalue weighted by Gasteiger charge is -2.42. The van der Waals surface area contributed by atoms with Gasteiger partial charge in [0.05, 0.1) is 17.1 Å². The molecule has 4 rings (SSSR count). The van der Waals surface area contributed by atoms with Crippen molar-refractivity contribution >= 4 is 29.1 Å². The molecule has 7 nitrogen and oxygen atoms in total. The molecule has 186 valence electrons. The van der Waals surface area contributed by atoms with Crippen LogP contribution in [0.25, 0.3) is 11.3 Å². The third kappa shape index (κ3) is 4.43. The number of aromatic nitrogens is 3. The van der Waals surface area contributed by atoms with E-state index in [-0.39, 0.29) is 48.4 Å². The average molecular weight is 515 g/mol. The summed E-state index contributed by atoms with van der Waals surface area (Å²) in [7, 11) is 0. The van der Waals surface area contributed by atoms with Gasteiger partial charge >= 0.3 is 6.18 Å². The highest BCUT2D eigenvalue weighted by atomic mass is 35.5. The van der Waals surface area contributed by atoms with Gasteiger partial charge in [0.25, 0.3) is 0 Å². The number of nitrogens with two attached hydrogens (primary N) is 1. The van der Waals surface area contributed by atoms with Crippen molar-refractivity contribution in [3.8, 4) is 11.3 Å². The van der Waals surface area contributed by atoms with E-state index in [9.17, 15) is 26.7 Å². The summed E-state index contributed by atoms with van der Waals surface area (Å²) in [5, 5.41) is 2.26. The van der Waals surface area contributed by atoms with Crippen LogP contribution in [-0.4, -0.2) is 38.4 Å². The van der Waals surface area contributed by atoms with Gasteiger partial charge in [0.15, 0.2) is 17.3 Å². The van der Waals surface area contributed by atoms with Crippen LogP contribution in [-0.2, 0) is 23.1 Å². The molecular formula is C22H20ClF5N6O. The molecule has 1 aromatic carbocycles. The average Bonchev–Trinajstić information content (AvgIpc) is 3.15. The van der Waals surface area contributed by atoms with Crippen molar-refractivity contribution in [3.05, 3.63) is 58.5 Å². The van der Waals surface area contributed by atoms with Crippen molar-refractivity contribution < 1.29 is 26.7 Å². The molecule has 0 aliphatic carbocycles. The molecule has 0 spiro atoms. The lowest BCUT2D eigenvalue weighted by Crippen LogP contribution is -2.53. The number of benzene rings is 1. The first-order chi connectivity index (χ1) is 16.3. The SMILES string of the molecule is CC1(C)c2nc(-c3ccc(F)c(F)c3)c(Nc3ccc(Cl)c(C(F)(F)F)n3)n2CCN1C(=O)CN. The van der Waals surface area contributed by atoms with Gasteiger partial charge < -0.3 is 20.5 Å². The fourth-order valence-corrected chi connectivity index (χ4v) is 4.30. The molecule has 0 saturated carbocycles. The quantitative estimate of drug-likeness (QED) is 0.494. The van der Waals surface area contributed by atoms with Crippen LogP contribution in [0.1, 0.15) is 25.4 Å². The number of nitrogens with zero attached hydrogens (tertiary/aromatic N) is 4. The number of imidazole rings is 1. The Morgan fingerprint density at radius 2 is 1.86 bits per heavy atom. The highest BCUT2D eigenvalue weighted by molar-refractivity contribution is 6.31. The number of amides is 1. The van der Waals surface area contributed by atoms with E-state index in [2.05, 4.69) is 15.3 Å². The standard InChI is InChI=1S/C22H20ClF5N6O/c1-21(2)20-32-17(11-3-5-13(24)14(25)9-11)19(33(20)7-8-34(21)16(35)10-29)31-15-6-4-12(23)18(30-15)22(26,27)28/h3-6,9H,7-8,10,29H2,1-2H3,(H,30,31). The zero-order valence-corrected chi connectivity index (χ0v) is 19.3. The largest absolute Gasteiger partial charge is 0.434 e. The number of carbonyl (C=O) groups is 1. The van der Waals surface area contributed by atoms with Gasteiger partial charge in [-0.05, 0) is 44.2 Å². The second kappa shape index (κ2) is 8.76. The molecular weight excluding hydrogens is 495 g/mol. The third-order valence-electron chi connectivity index (χ3n) is 5.77. The van der Waals surface area contributed by atoms with E-state index in [4.69, 9.17) is 17.3 Å². The van der Waals surface area contributed by atoms with Crippen LogP contribution in [0.15, 0.2) is 30.3 Å². The van der Waals surface area contributed by atoms with Gasteiger partial charge in [-0.3, -0.25) is 4.79 Å². The van der Waals surface area contributed by atoms with Gasteiger partial charge in [-0.2, -0.15) is 13.2 Å². The van der Waals surface area contributed by atoms with Crippen molar-refractivity contribution in [2.75, 3.05) is 18.4 Å². The molecule has 1 aliphatic rings. The number of alkyl halides is 3. The maximum Gasteiger partial charge on any atom is 0.434 e. The van der Waals surface area contributed by atoms with Crippen molar-refractivity contribution in [2.45, 2.75) is 32.1 Å². The Morgan fingerprint density at radius 3 is 2.49 bits per heavy atom. The number of nitrogens with one attached hydrogen (secondary N) is 1. The van der Waals surface area contributed by atoms with Crippen LogP contribution in [0, 0.1) is 11.6 Å². The number of anilines is 2. The topological polar surface area (TPSA) is 89.1 Å². The molecule has 1 amide bonds. The summed E-state index contributed by atoms with van der Waals surface area (Å²) in [6.45, 7) is 3.70. The first-order valence-electron chi connectivity index (χ1n) is 10.4. The molecule has 0 bridgehead atoms. The van der Waals surface area contributed by atoms with Crippen LogP contribution < -0.4 is 11.1 Å². The summed E-state index contributed by atoms with van der Waals surface area (Å²) < 4.78 is 69.3. The van der Waals surface area contributed by atoms with Gasteiger partial charge in [-0.25, -0.2) is 18.7 Å². The Hall–Kier alpha value is -3.25. The smallest absolute Gasteiger partial charge is 0.327 e. The minimum absolute atomic E-state index is 0.138. The van der Waals surface area contributed by atoms with Gasteiger partial charge in [0.1, 0.15) is 23.2 Å². The third-order valence-corrected chi connectivity index (χ3v) is 6.07. The summed E-state index contributed by atoms with van der Waals surface area (Å²) in [6, 6.07) is 5.45. The predicted molar refractivity (Wildman–Crippen MR) is 119 cm³/mol. The Bertz CT molecular complexity index is 1310. The van der Waals surface area contributed by atoms with E-state index in [1.165, 1.54) is 17.0 Å². The van der Waals surface area contributed by atoms with Crippen LogP contribution in [0.3, 0.4) is 0 Å². The van der Waals surface area contributed by atoms with Gasteiger partial charge in [0.2, 0.25) is 5.91 Å². The van der Waals surface area contributed by atoms with E-state index in [1.807, 2.05) is 0 Å². The Morgan fingerprint density at radius 1 is 1.14 bits per heavy atom. The highest BCUT2D eigenvalue weighted by Gasteiger charge is 2.41. The van der Waals surface area contributed by atoms with Gasteiger partial charge in [0, 0.05) is 18.7 Å². The van der Waals surface area contributed by atoms with Crippen molar-refractivity contribution in [1.29, 1.82) is 0 Å². The molecule has 0 unspecified atom stereocenters. The summed E-state index contributed by atoms with van der Waals surface area (Å²) in [4.78, 5) is 22.2. The Kier molecular flexibility index (Phi) is 6.22. The van der Waals surface area contributed by atoms with Crippen LogP contribution in [0.4, 0.5) is 33.6 Å². The molecule has 1 aliphatic heterocycles. The lowest BCUT2D eigenvalue weighted by molar-refractivity contribution is -0.141. The molecule has 13 heteroatoms. The number of rotatable bonds is 4. The number of hydrogen-bond acceptors (Lipinski definition) is 5. The van der Waals surface area contributed by atoms with Crippen LogP contribution in [0.2, 0.25) is 5.02 Å². The monoisotopic (exact) mass is 514 g/mol. The summed E-state index contributed by atoms with van der Waals surface area (Å²) in [5.74, 6) is -2.13. The molecule has 3 heterocycles. The maximum absolute atomic E-state index is 14.1. The number of halogens is 6. The minimum Gasteiger partial charge on any atom is -0.327 e. The number of hydrogen-bond donors (Lipinski definition) is 2. The normalized spacial score (nSPS) is 15.2.